The summed E-state index contributed by atoms with van der Waals surface area (Å²) in [5.41, 5.74) is 3.29. The quantitative estimate of drug-likeness (QED) is 0.484. The van der Waals surface area contributed by atoms with Gasteiger partial charge in [0, 0.05) is 28.3 Å². The molecular weight excluding hydrogens is 471 g/mol. The highest BCUT2D eigenvalue weighted by atomic mass is 32.1. The van der Waals surface area contributed by atoms with E-state index in [1.54, 1.807) is 6.07 Å². The molecule has 0 bridgehead atoms. The Hall–Kier alpha value is -2.63. The molecule has 5 rings (SSSR count). The summed E-state index contributed by atoms with van der Waals surface area (Å²) in [6.07, 6.45) is -0.582. The molecule has 0 amide bonds. The number of halogens is 3. The Labute approximate surface area is 196 Å². The zero-order valence-corrected chi connectivity index (χ0v) is 19.2. The van der Waals surface area contributed by atoms with E-state index in [0.717, 1.165) is 16.9 Å². The number of hydrogen-bond donors (Lipinski definition) is 3. The number of aromatic amines is 1. The van der Waals surface area contributed by atoms with Gasteiger partial charge in [-0.2, -0.15) is 0 Å². The minimum atomic E-state index is -3.29. The van der Waals surface area contributed by atoms with E-state index in [1.807, 2.05) is 0 Å². The van der Waals surface area contributed by atoms with Gasteiger partial charge < -0.3 is 15.6 Å². The fourth-order valence-corrected chi connectivity index (χ4v) is 6.38. The van der Waals surface area contributed by atoms with Gasteiger partial charge in [0.1, 0.15) is 11.3 Å². The maximum absolute atomic E-state index is 15.8. The van der Waals surface area contributed by atoms with E-state index in [9.17, 15) is 23.5 Å². The van der Waals surface area contributed by atoms with Gasteiger partial charge in [0.05, 0.1) is 29.7 Å². The van der Waals surface area contributed by atoms with Gasteiger partial charge in [0.15, 0.2) is 5.75 Å². The SMILES string of the molecule is COc1c(-c2cc3c(s2)CCCC3C(O)CN)c(F)c(C(F)F)c2c(=O)[nH]c(=O)n(C3CC3)c12. The molecular formula is C23H24F3N3O4S. The molecule has 2 aromatic heterocycles. The van der Waals surface area contributed by atoms with Crippen LogP contribution in [0.15, 0.2) is 15.7 Å². The molecule has 2 atom stereocenters. The molecule has 2 heterocycles. The molecule has 34 heavy (non-hydrogen) atoms. The number of benzene rings is 1. The number of hydrogen-bond acceptors (Lipinski definition) is 6. The zero-order chi connectivity index (χ0) is 24.3. The van der Waals surface area contributed by atoms with Gasteiger partial charge in [-0.25, -0.2) is 18.0 Å². The van der Waals surface area contributed by atoms with Crippen molar-refractivity contribution in [3.8, 4) is 16.2 Å². The molecule has 182 valence electrons. The summed E-state index contributed by atoms with van der Waals surface area (Å²) in [7, 11) is 1.26. The highest BCUT2D eigenvalue weighted by molar-refractivity contribution is 7.15. The molecule has 11 heteroatoms. The van der Waals surface area contributed by atoms with Gasteiger partial charge in [0.25, 0.3) is 12.0 Å². The number of aliphatic hydroxyl groups is 1. The number of methoxy groups -OCH3 is 1. The average Bonchev–Trinajstić information content (AvgIpc) is 3.54. The first-order valence-electron chi connectivity index (χ1n) is 11.2. The molecule has 2 aliphatic carbocycles. The minimum absolute atomic E-state index is 0.0644. The predicted octanol–water partition coefficient (Wildman–Crippen LogP) is 3.58. The second-order valence-electron chi connectivity index (χ2n) is 8.81. The fourth-order valence-electron chi connectivity index (χ4n) is 5.07. The van der Waals surface area contributed by atoms with Crippen molar-refractivity contribution >= 4 is 22.2 Å². The van der Waals surface area contributed by atoms with Crippen molar-refractivity contribution in [2.75, 3.05) is 13.7 Å². The summed E-state index contributed by atoms with van der Waals surface area (Å²) in [5, 5.41) is 9.82. The maximum Gasteiger partial charge on any atom is 0.329 e. The molecule has 7 nitrogen and oxygen atoms in total. The third kappa shape index (κ3) is 3.48. The summed E-state index contributed by atoms with van der Waals surface area (Å²) in [6, 6.07) is 1.41. The van der Waals surface area contributed by atoms with E-state index in [0.29, 0.717) is 30.6 Å². The lowest BCUT2D eigenvalue weighted by Gasteiger charge is -2.26. The summed E-state index contributed by atoms with van der Waals surface area (Å²) in [4.78, 5) is 28.6. The monoisotopic (exact) mass is 495 g/mol. The van der Waals surface area contributed by atoms with Crippen molar-refractivity contribution in [3.63, 3.8) is 0 Å². The van der Waals surface area contributed by atoms with E-state index in [2.05, 4.69) is 4.98 Å². The van der Waals surface area contributed by atoms with Gasteiger partial charge in [-0.15, -0.1) is 11.3 Å². The first-order chi connectivity index (χ1) is 16.3. The van der Waals surface area contributed by atoms with Crippen LogP contribution < -0.4 is 21.7 Å². The second kappa shape index (κ2) is 8.54. The van der Waals surface area contributed by atoms with Crippen LogP contribution in [0, 0.1) is 5.82 Å². The van der Waals surface area contributed by atoms with Crippen molar-refractivity contribution < 1.29 is 23.0 Å². The normalized spacial score (nSPS) is 19.0. The first kappa shape index (κ1) is 23.1. The number of rotatable bonds is 6. The van der Waals surface area contributed by atoms with E-state index < -0.39 is 40.5 Å². The Morgan fingerprint density at radius 3 is 2.68 bits per heavy atom. The number of H-pyrrole nitrogens is 1. The highest BCUT2D eigenvalue weighted by Crippen LogP contribution is 2.50. The number of fused-ring (bicyclic) bond motifs is 2. The number of thiophene rings is 1. The van der Waals surface area contributed by atoms with Gasteiger partial charge >= 0.3 is 5.69 Å². The number of aliphatic hydroxyl groups excluding tert-OH is 1. The van der Waals surface area contributed by atoms with Crippen LogP contribution in [0.3, 0.4) is 0 Å². The van der Waals surface area contributed by atoms with Crippen molar-refractivity contribution in [3.05, 3.63) is 48.7 Å². The Kier molecular flexibility index (Phi) is 5.81. The Morgan fingerprint density at radius 2 is 2.06 bits per heavy atom. The average molecular weight is 496 g/mol. The molecule has 0 aliphatic heterocycles. The van der Waals surface area contributed by atoms with Crippen molar-refractivity contribution in [2.24, 2.45) is 5.73 Å². The molecule has 2 aliphatic rings. The Morgan fingerprint density at radius 1 is 1.32 bits per heavy atom. The molecule has 4 N–H and O–H groups in total. The summed E-state index contributed by atoms with van der Waals surface area (Å²) < 4.78 is 51.0. The van der Waals surface area contributed by atoms with Gasteiger partial charge in [-0.3, -0.25) is 14.3 Å². The number of aromatic nitrogens is 2. The third-order valence-corrected chi connectivity index (χ3v) is 7.99. The highest BCUT2D eigenvalue weighted by Gasteiger charge is 2.36. The Balaban J connectivity index is 1.87. The standard InChI is InChI=1S/C23H24F3N3O4S/c1-33-20-15(14-7-11-10(12(30)8-27)3-2-4-13(11)34-14)18(24)16(21(25)26)17-19(20)29(9-5-6-9)23(32)28-22(17)31/h7,9-10,12,21,30H,2-6,8,27H2,1H3,(H,28,31,32). The molecule has 1 fully saturated rings. The lowest BCUT2D eigenvalue weighted by molar-refractivity contribution is 0.142. The number of nitrogens with two attached hydrogens (primary N) is 1. The fraction of sp³-hybridized carbons (Fsp3) is 0.478. The number of nitrogens with zero attached hydrogens (tertiary/aromatic N) is 1. The van der Waals surface area contributed by atoms with Gasteiger partial charge in [0.2, 0.25) is 0 Å². The molecule has 2 unspecified atom stereocenters. The van der Waals surface area contributed by atoms with Crippen LogP contribution in [0.4, 0.5) is 13.2 Å². The molecule has 1 saturated carbocycles. The van der Waals surface area contributed by atoms with Gasteiger partial charge in [-0.05, 0) is 43.7 Å². The number of alkyl halides is 2. The van der Waals surface area contributed by atoms with Crippen molar-refractivity contribution in [2.45, 2.75) is 56.6 Å². The van der Waals surface area contributed by atoms with Crippen molar-refractivity contribution in [1.82, 2.24) is 9.55 Å². The number of ether oxygens (including phenoxy) is 1. The summed E-state index contributed by atoms with van der Waals surface area (Å²) >= 11 is 1.24. The Bertz CT molecular complexity index is 1390. The molecule has 1 aromatic carbocycles. The molecule has 3 aromatic rings. The van der Waals surface area contributed by atoms with Crippen LogP contribution in [0.25, 0.3) is 21.3 Å². The molecule has 0 radical (unpaired) electrons. The molecule has 0 spiro atoms. The van der Waals surface area contributed by atoms with Crippen LogP contribution in [-0.4, -0.2) is 34.4 Å². The zero-order valence-electron chi connectivity index (χ0n) is 18.4. The van der Waals surface area contributed by atoms with Crippen molar-refractivity contribution in [1.29, 1.82) is 0 Å². The van der Waals surface area contributed by atoms with Crippen LogP contribution in [-0.2, 0) is 6.42 Å². The number of aryl methyl sites for hydroxylation is 1. The summed E-state index contributed by atoms with van der Waals surface area (Å²) in [5.74, 6) is -1.61. The largest absolute Gasteiger partial charge is 0.494 e. The topological polar surface area (TPSA) is 110 Å². The minimum Gasteiger partial charge on any atom is -0.494 e. The van der Waals surface area contributed by atoms with E-state index in [1.165, 1.54) is 23.0 Å². The molecule has 0 saturated heterocycles. The van der Waals surface area contributed by atoms with Gasteiger partial charge in [-0.1, -0.05) is 0 Å². The first-order valence-corrected chi connectivity index (χ1v) is 12.0. The maximum atomic E-state index is 15.8. The smallest absolute Gasteiger partial charge is 0.329 e. The van der Waals surface area contributed by atoms with Crippen LogP contribution >= 0.6 is 11.3 Å². The van der Waals surface area contributed by atoms with E-state index in [4.69, 9.17) is 10.5 Å². The van der Waals surface area contributed by atoms with Crippen LogP contribution in [0.1, 0.15) is 60.1 Å². The van der Waals surface area contributed by atoms with Crippen LogP contribution in [0.5, 0.6) is 5.75 Å². The lowest BCUT2D eigenvalue weighted by atomic mass is 9.83. The summed E-state index contributed by atoms with van der Waals surface area (Å²) in [6.45, 7) is 0.0644. The van der Waals surface area contributed by atoms with Crippen LogP contribution in [0.2, 0.25) is 0 Å². The third-order valence-electron chi connectivity index (χ3n) is 6.76. The number of nitrogens with one attached hydrogen (secondary N) is 1. The van der Waals surface area contributed by atoms with E-state index >= 15 is 4.39 Å². The predicted molar refractivity (Wildman–Crippen MR) is 123 cm³/mol. The van der Waals surface area contributed by atoms with E-state index in [-0.39, 0.29) is 35.3 Å². The second-order valence-corrected chi connectivity index (χ2v) is 9.95. The lowest BCUT2D eigenvalue weighted by Crippen LogP contribution is -2.31.